The molecule has 0 unspecified atom stereocenters. The lowest BCUT2D eigenvalue weighted by atomic mass is 9.95. The van der Waals surface area contributed by atoms with Crippen molar-refractivity contribution in [3.8, 4) is 5.75 Å². The van der Waals surface area contributed by atoms with Gasteiger partial charge in [0.15, 0.2) is 0 Å². The van der Waals surface area contributed by atoms with Crippen molar-refractivity contribution >= 4 is 11.6 Å². The van der Waals surface area contributed by atoms with E-state index in [1.165, 1.54) is 0 Å². The summed E-state index contributed by atoms with van der Waals surface area (Å²) in [6.07, 6.45) is 0. The van der Waals surface area contributed by atoms with Crippen LogP contribution in [0, 0.1) is 0 Å². The van der Waals surface area contributed by atoms with Crippen LogP contribution in [0.3, 0.4) is 0 Å². The predicted octanol–water partition coefficient (Wildman–Crippen LogP) is 3.29. The minimum absolute atomic E-state index is 0.0907. The Morgan fingerprint density at radius 2 is 1.79 bits per heavy atom. The van der Waals surface area contributed by atoms with Crippen molar-refractivity contribution in [2.45, 2.75) is 32.7 Å². The molecule has 0 aliphatic rings. The van der Waals surface area contributed by atoms with Crippen molar-refractivity contribution in [3.63, 3.8) is 0 Å². The van der Waals surface area contributed by atoms with Gasteiger partial charge in [0.1, 0.15) is 11.6 Å². The van der Waals surface area contributed by atoms with Gasteiger partial charge in [-0.15, -0.1) is 10.2 Å². The molecule has 1 heterocycles. The summed E-state index contributed by atoms with van der Waals surface area (Å²) in [7, 11) is 1.66. The summed E-state index contributed by atoms with van der Waals surface area (Å²) in [5.41, 5.74) is 1.04. The van der Waals surface area contributed by atoms with E-state index in [9.17, 15) is 0 Å². The van der Waals surface area contributed by atoms with E-state index in [4.69, 9.17) is 16.3 Å². The second kappa shape index (κ2) is 5.21. The van der Waals surface area contributed by atoms with Gasteiger partial charge in [0, 0.05) is 5.41 Å². The first-order chi connectivity index (χ1) is 8.91. The molecule has 0 radical (unpaired) electrons. The van der Waals surface area contributed by atoms with Gasteiger partial charge >= 0.3 is 0 Å². The van der Waals surface area contributed by atoms with Crippen molar-refractivity contribution < 1.29 is 4.74 Å². The molecule has 4 nitrogen and oxygen atoms in total. The number of benzene rings is 1. The molecule has 0 aliphatic heterocycles. The maximum absolute atomic E-state index is 6.12. The molecule has 102 valence electrons. The van der Waals surface area contributed by atoms with Crippen LogP contribution in [0.5, 0.6) is 5.75 Å². The third-order valence-corrected chi connectivity index (χ3v) is 3.16. The third kappa shape index (κ3) is 3.07. The topological polar surface area (TPSA) is 39.9 Å². The Kier molecular flexibility index (Phi) is 3.80. The van der Waals surface area contributed by atoms with Gasteiger partial charge < -0.3 is 4.74 Å². The highest BCUT2D eigenvalue weighted by molar-refractivity contribution is 6.28. The van der Waals surface area contributed by atoms with Crippen LogP contribution in [0.15, 0.2) is 24.3 Å². The number of halogens is 1. The van der Waals surface area contributed by atoms with Crippen molar-refractivity contribution in [1.29, 1.82) is 0 Å². The van der Waals surface area contributed by atoms with Crippen LogP contribution < -0.4 is 4.74 Å². The molecule has 0 N–H and O–H groups in total. The number of hydrogen-bond donors (Lipinski definition) is 0. The molecule has 0 aliphatic carbocycles. The molecular weight excluding hydrogens is 262 g/mol. The fourth-order valence-corrected chi connectivity index (χ4v) is 2.07. The molecule has 0 bridgehead atoms. The van der Waals surface area contributed by atoms with Crippen molar-refractivity contribution in [2.24, 2.45) is 0 Å². The first kappa shape index (κ1) is 13.9. The summed E-state index contributed by atoms with van der Waals surface area (Å²) >= 11 is 6.12. The van der Waals surface area contributed by atoms with E-state index < -0.39 is 0 Å². The lowest BCUT2D eigenvalue weighted by molar-refractivity contribution is 0.414. The van der Waals surface area contributed by atoms with E-state index >= 15 is 0 Å². The Labute approximate surface area is 118 Å². The molecule has 0 spiro atoms. The zero-order valence-electron chi connectivity index (χ0n) is 11.6. The molecule has 2 rings (SSSR count). The Balaban J connectivity index is 2.30. The molecule has 0 atom stereocenters. The third-order valence-electron chi connectivity index (χ3n) is 2.88. The zero-order valence-corrected chi connectivity index (χ0v) is 12.4. The van der Waals surface area contributed by atoms with Gasteiger partial charge in [-0.05, 0) is 29.3 Å². The summed E-state index contributed by atoms with van der Waals surface area (Å²) in [6, 6.07) is 7.90. The summed E-state index contributed by atoms with van der Waals surface area (Å²) in [4.78, 5) is 0. The SMILES string of the molecule is COc1ccc(Cn2c(Cl)nnc2C(C)(C)C)cc1. The highest BCUT2D eigenvalue weighted by Gasteiger charge is 2.23. The summed E-state index contributed by atoms with van der Waals surface area (Å²) in [5, 5.41) is 8.56. The van der Waals surface area contributed by atoms with Gasteiger partial charge in [0.05, 0.1) is 13.7 Å². The highest BCUT2D eigenvalue weighted by atomic mass is 35.5. The number of aromatic nitrogens is 3. The van der Waals surface area contributed by atoms with Gasteiger partial charge in [-0.1, -0.05) is 32.9 Å². The van der Waals surface area contributed by atoms with E-state index in [0.29, 0.717) is 11.8 Å². The maximum atomic E-state index is 6.12. The Morgan fingerprint density at radius 1 is 1.16 bits per heavy atom. The largest absolute Gasteiger partial charge is 0.497 e. The monoisotopic (exact) mass is 279 g/mol. The van der Waals surface area contributed by atoms with E-state index in [-0.39, 0.29) is 5.41 Å². The number of rotatable bonds is 3. The standard InChI is InChI=1S/C14H18ClN3O/c1-14(2,3)12-16-17-13(15)18(12)9-10-5-7-11(19-4)8-6-10/h5-8H,9H2,1-4H3. The van der Waals surface area contributed by atoms with Crippen LogP contribution in [-0.2, 0) is 12.0 Å². The minimum Gasteiger partial charge on any atom is -0.497 e. The summed E-state index contributed by atoms with van der Waals surface area (Å²) in [5.74, 6) is 1.72. The zero-order chi connectivity index (χ0) is 14.0. The van der Waals surface area contributed by atoms with Crippen LogP contribution in [-0.4, -0.2) is 21.9 Å². The van der Waals surface area contributed by atoms with Gasteiger partial charge in [-0.25, -0.2) is 0 Å². The van der Waals surface area contributed by atoms with Crippen molar-refractivity contribution in [1.82, 2.24) is 14.8 Å². The maximum Gasteiger partial charge on any atom is 0.225 e. The van der Waals surface area contributed by atoms with Gasteiger partial charge in [0.25, 0.3) is 0 Å². The van der Waals surface area contributed by atoms with Crippen LogP contribution in [0.4, 0.5) is 0 Å². The van der Waals surface area contributed by atoms with E-state index in [0.717, 1.165) is 17.1 Å². The molecule has 0 amide bonds. The smallest absolute Gasteiger partial charge is 0.225 e. The second-order valence-corrected chi connectivity index (χ2v) is 5.81. The molecule has 0 saturated carbocycles. The van der Waals surface area contributed by atoms with Crippen molar-refractivity contribution in [3.05, 3.63) is 40.9 Å². The average Bonchev–Trinajstić information content (AvgIpc) is 2.72. The van der Waals surface area contributed by atoms with Crippen LogP contribution in [0.2, 0.25) is 5.28 Å². The summed E-state index contributed by atoms with van der Waals surface area (Å²) in [6.45, 7) is 6.94. The normalized spacial score (nSPS) is 11.6. The number of hydrogen-bond acceptors (Lipinski definition) is 3. The molecule has 5 heteroatoms. The van der Waals surface area contributed by atoms with Gasteiger partial charge in [-0.2, -0.15) is 0 Å². The molecule has 2 aromatic rings. The Bertz CT molecular complexity index is 555. The first-order valence-corrected chi connectivity index (χ1v) is 6.51. The minimum atomic E-state index is -0.0907. The van der Waals surface area contributed by atoms with E-state index in [2.05, 4.69) is 31.0 Å². The van der Waals surface area contributed by atoms with Crippen LogP contribution >= 0.6 is 11.6 Å². The predicted molar refractivity (Wildman–Crippen MR) is 75.8 cm³/mol. The Hall–Kier alpha value is -1.55. The average molecular weight is 280 g/mol. The first-order valence-electron chi connectivity index (χ1n) is 6.14. The highest BCUT2D eigenvalue weighted by Crippen LogP contribution is 2.24. The second-order valence-electron chi connectivity index (χ2n) is 5.48. The van der Waals surface area contributed by atoms with E-state index in [1.807, 2.05) is 28.8 Å². The fourth-order valence-electron chi connectivity index (χ4n) is 1.89. The number of nitrogens with zero attached hydrogens (tertiary/aromatic N) is 3. The van der Waals surface area contributed by atoms with Crippen LogP contribution in [0.1, 0.15) is 32.2 Å². The van der Waals surface area contributed by atoms with Gasteiger partial charge in [-0.3, -0.25) is 4.57 Å². The molecule has 1 aromatic heterocycles. The van der Waals surface area contributed by atoms with Crippen LogP contribution in [0.25, 0.3) is 0 Å². The van der Waals surface area contributed by atoms with Crippen molar-refractivity contribution in [2.75, 3.05) is 7.11 Å². The summed E-state index contributed by atoms with van der Waals surface area (Å²) < 4.78 is 7.08. The lowest BCUT2D eigenvalue weighted by Crippen LogP contribution is -2.19. The fraction of sp³-hybridized carbons (Fsp3) is 0.429. The lowest BCUT2D eigenvalue weighted by Gasteiger charge is -2.19. The molecule has 19 heavy (non-hydrogen) atoms. The van der Waals surface area contributed by atoms with E-state index in [1.54, 1.807) is 7.11 Å². The number of ether oxygens (including phenoxy) is 1. The number of methoxy groups -OCH3 is 1. The Morgan fingerprint density at radius 3 is 2.32 bits per heavy atom. The quantitative estimate of drug-likeness (QED) is 0.866. The van der Waals surface area contributed by atoms with Gasteiger partial charge in [0.2, 0.25) is 5.28 Å². The molecule has 1 aromatic carbocycles. The molecular formula is C14H18ClN3O. The molecule has 0 fully saturated rings. The molecule has 0 saturated heterocycles.